The number of rotatable bonds is 25. The molecule has 16 nitrogen and oxygen atoms in total. The van der Waals surface area contributed by atoms with E-state index in [1.807, 2.05) is 0 Å². The number of carbonyl (C=O) groups excluding carboxylic acids is 5. The highest BCUT2D eigenvalue weighted by Crippen LogP contribution is 2.66. The van der Waals surface area contributed by atoms with E-state index in [2.05, 4.69) is 19.1 Å². The van der Waals surface area contributed by atoms with Gasteiger partial charge in [-0.3, -0.25) is 9.59 Å². The van der Waals surface area contributed by atoms with Crippen molar-refractivity contribution < 1.29 is 77.2 Å². The summed E-state index contributed by atoms with van der Waals surface area (Å²) in [5, 5.41) is 38.4. The van der Waals surface area contributed by atoms with E-state index in [1.165, 1.54) is 83.8 Å². The van der Waals surface area contributed by atoms with Gasteiger partial charge in [-0.1, -0.05) is 140 Å². The van der Waals surface area contributed by atoms with Crippen molar-refractivity contribution in [2.24, 2.45) is 16.7 Å². The van der Waals surface area contributed by atoms with Crippen LogP contribution in [0.3, 0.4) is 0 Å². The second-order valence-electron chi connectivity index (χ2n) is 23.4. The van der Waals surface area contributed by atoms with Crippen LogP contribution < -0.4 is 0 Å². The minimum absolute atomic E-state index is 0.0336. The second-order valence-corrected chi connectivity index (χ2v) is 23.4. The third kappa shape index (κ3) is 12.6. The molecule has 16 heteroatoms. The molecule has 4 fully saturated rings. The van der Waals surface area contributed by atoms with Gasteiger partial charge in [0.05, 0.1) is 36.2 Å². The van der Waals surface area contributed by atoms with Crippen LogP contribution in [0, 0.1) is 16.7 Å². The minimum atomic E-state index is -2.36. The molecule has 0 amide bonds. The molecule has 3 N–H and O–H groups in total. The lowest BCUT2D eigenvalue weighted by Crippen LogP contribution is -2.85. The summed E-state index contributed by atoms with van der Waals surface area (Å²) in [6.45, 7) is 12.5. The Balaban J connectivity index is 1.06. The van der Waals surface area contributed by atoms with Crippen LogP contribution in [0.25, 0.3) is 0 Å². The molecule has 5 aliphatic rings. The summed E-state index contributed by atoms with van der Waals surface area (Å²) >= 11 is 0. The number of aliphatic hydroxyl groups excluding tert-OH is 2. The number of Topliss-reactive ketones (excluding diaryl/α,β-unsaturated/α-hetero) is 1. The average Bonchev–Trinajstić information content (AvgIpc) is 2.55. The van der Waals surface area contributed by atoms with Gasteiger partial charge >= 0.3 is 24.1 Å². The Hall–Kier alpha value is -4.97. The molecule has 2 heterocycles. The number of carbonyl (C=O) groups is 5. The topological polar surface area (TPSA) is 220 Å². The first-order valence-electron chi connectivity index (χ1n) is 28.6. The smallest absolute Gasteiger partial charge is 0.455 e. The third-order valence-corrected chi connectivity index (χ3v) is 17.9. The highest BCUT2D eigenvalue weighted by atomic mass is 16.8. The SMILES string of the molecule is CCCCCCCC/C=C\CCCCCCCC1OCC(COC(=O)O[C@@H](C(=O)O[C@H]2C[C@@]3(O)[C@@H](OC(=O)c4ccccc4)[C@H]4[C@](C)(C(=O)[C@H](O)C(=C2C)C3(C)C)[C@@H](O)C[C@@]2(C)OC[C@@]42OC(C)=O)[C@@H](C)c2ccccc2)O1. The summed E-state index contributed by atoms with van der Waals surface area (Å²) in [7, 11) is 0. The van der Waals surface area contributed by atoms with E-state index in [4.69, 9.17) is 37.9 Å². The molecule has 2 bridgehead atoms. The van der Waals surface area contributed by atoms with Gasteiger partial charge in [0.2, 0.25) is 6.10 Å². The summed E-state index contributed by atoms with van der Waals surface area (Å²) in [5.41, 5.74) is -8.41. The van der Waals surface area contributed by atoms with Crippen molar-refractivity contribution in [3.8, 4) is 0 Å². The van der Waals surface area contributed by atoms with Gasteiger partial charge in [-0.05, 0) is 88.1 Å². The second kappa shape index (κ2) is 26.1. The fraction of sp³-hybridized carbons (Fsp3) is 0.661. The van der Waals surface area contributed by atoms with E-state index >= 15 is 4.79 Å². The molecular formula is C62H86O16. The molecule has 0 aromatic heterocycles. The minimum Gasteiger partial charge on any atom is -0.455 e. The van der Waals surface area contributed by atoms with Gasteiger partial charge in [0.25, 0.3) is 0 Å². The normalized spacial score (nSPS) is 31.9. The number of unbranched alkanes of at least 4 members (excludes halogenated alkanes) is 11. The van der Waals surface area contributed by atoms with Crippen molar-refractivity contribution in [2.75, 3.05) is 19.8 Å². The van der Waals surface area contributed by atoms with E-state index in [1.54, 1.807) is 83.1 Å². The molecule has 7 rings (SSSR count). The van der Waals surface area contributed by atoms with Crippen LogP contribution in [0.15, 0.2) is 84.0 Å². The number of esters is 3. The van der Waals surface area contributed by atoms with Gasteiger partial charge in [0, 0.05) is 31.1 Å². The van der Waals surface area contributed by atoms with Crippen LogP contribution in [-0.2, 0) is 52.3 Å². The largest absolute Gasteiger partial charge is 0.509 e. The molecular weight excluding hydrogens is 1000 g/mol. The van der Waals surface area contributed by atoms with Crippen molar-refractivity contribution in [1.29, 1.82) is 0 Å². The molecule has 430 valence electrons. The Morgan fingerprint density at radius 3 is 2.05 bits per heavy atom. The molecule has 13 atom stereocenters. The molecule has 0 spiro atoms. The molecule has 2 aromatic rings. The van der Waals surface area contributed by atoms with E-state index in [0.29, 0.717) is 12.0 Å². The van der Waals surface area contributed by atoms with Crippen molar-refractivity contribution >= 4 is 29.8 Å². The maximum Gasteiger partial charge on any atom is 0.509 e. The fourth-order valence-electron chi connectivity index (χ4n) is 13.0. The Morgan fingerprint density at radius 2 is 1.44 bits per heavy atom. The van der Waals surface area contributed by atoms with E-state index in [-0.39, 0.29) is 43.0 Å². The first kappa shape index (κ1) is 60.7. The number of hydrogen-bond acceptors (Lipinski definition) is 16. The van der Waals surface area contributed by atoms with Crippen LogP contribution in [0.4, 0.5) is 4.79 Å². The molecule has 78 heavy (non-hydrogen) atoms. The average molecular weight is 1090 g/mol. The molecule has 0 radical (unpaired) electrons. The van der Waals surface area contributed by atoms with E-state index in [9.17, 15) is 34.5 Å². The maximum atomic E-state index is 15.3. The zero-order valence-corrected chi connectivity index (χ0v) is 47.2. The number of ketones is 1. The fourth-order valence-corrected chi connectivity index (χ4v) is 13.0. The lowest BCUT2D eigenvalue weighted by molar-refractivity contribution is -0.383. The summed E-state index contributed by atoms with van der Waals surface area (Å²) in [6.07, 6.45) is 9.63. The van der Waals surface area contributed by atoms with Crippen LogP contribution in [0.5, 0.6) is 0 Å². The van der Waals surface area contributed by atoms with Gasteiger partial charge in [0.15, 0.2) is 17.7 Å². The number of allylic oxidation sites excluding steroid dienone is 2. The lowest BCUT2D eigenvalue weighted by atomic mass is 9.42. The number of aliphatic hydroxyl groups is 3. The number of hydrogen-bond donors (Lipinski definition) is 3. The summed E-state index contributed by atoms with van der Waals surface area (Å²) in [5.74, 6) is -5.98. The predicted octanol–water partition coefficient (Wildman–Crippen LogP) is 10.1. The first-order chi connectivity index (χ1) is 37.1. The van der Waals surface area contributed by atoms with Gasteiger partial charge in [-0.25, -0.2) is 14.4 Å². The standard InChI is InChI=1S/C62H86O16/c1-9-10-11-12-13-14-15-16-17-18-19-20-21-22-29-34-48-71-37-45(74-48)38-72-57(69)76-51(40(2)43-30-25-23-26-31-43)56(68)75-46-35-61(70)54(77-55(67)44-32-27-24-28-33-44)52-60(8,53(66)50(65)49(41(46)3)58(61,5)6)47(64)36-59(7)62(52,39-73-59)78-42(4)63/h16-17,23-28,30-33,40,45-48,50-52,54,64-65,70H,9-15,18-22,29,34-39H2,1-8H3/b17-16-/t40-,45?,46-,47-,48?,50+,51+,52-,54-,59+,60+,61+,62+/m0/s1. The van der Waals surface area contributed by atoms with Crippen molar-refractivity contribution in [2.45, 2.75) is 224 Å². The zero-order chi connectivity index (χ0) is 56.5. The zero-order valence-electron chi connectivity index (χ0n) is 47.2. The van der Waals surface area contributed by atoms with Crippen LogP contribution in [-0.4, -0.2) is 125 Å². The third-order valence-electron chi connectivity index (χ3n) is 17.9. The number of fused-ring (bicyclic) bond motifs is 5. The van der Waals surface area contributed by atoms with E-state index in [0.717, 1.165) is 25.7 Å². The Labute approximate surface area is 460 Å². The highest BCUT2D eigenvalue weighted by molar-refractivity contribution is 5.94. The molecule has 2 saturated carbocycles. The quantitative estimate of drug-likeness (QED) is 0.0364. The number of ether oxygens (including phenoxy) is 8. The van der Waals surface area contributed by atoms with Gasteiger partial charge < -0.3 is 53.2 Å². The first-order valence-corrected chi connectivity index (χ1v) is 28.6. The summed E-state index contributed by atoms with van der Waals surface area (Å²) < 4.78 is 48.4. The highest BCUT2D eigenvalue weighted by Gasteiger charge is 2.81. The van der Waals surface area contributed by atoms with Crippen LogP contribution >= 0.6 is 0 Å². The Bertz CT molecular complexity index is 2440. The van der Waals surface area contributed by atoms with Crippen LogP contribution in [0.1, 0.15) is 180 Å². The molecule has 2 aliphatic heterocycles. The monoisotopic (exact) mass is 1090 g/mol. The lowest BCUT2D eigenvalue weighted by Gasteiger charge is -2.70. The molecule has 2 saturated heterocycles. The Morgan fingerprint density at radius 1 is 0.821 bits per heavy atom. The molecule has 2 aromatic carbocycles. The Kier molecular flexibility index (Phi) is 20.3. The van der Waals surface area contributed by atoms with Crippen molar-refractivity contribution in [3.63, 3.8) is 0 Å². The van der Waals surface area contributed by atoms with E-state index < -0.39 is 119 Å². The maximum absolute atomic E-state index is 15.3. The summed E-state index contributed by atoms with van der Waals surface area (Å²) in [6, 6.07) is 16.8. The molecule has 3 aliphatic carbocycles. The summed E-state index contributed by atoms with van der Waals surface area (Å²) in [4.78, 5) is 71.3. The molecule has 2 unspecified atom stereocenters. The number of benzene rings is 2. The van der Waals surface area contributed by atoms with Crippen LogP contribution in [0.2, 0.25) is 0 Å². The van der Waals surface area contributed by atoms with Crippen molar-refractivity contribution in [3.05, 3.63) is 95.1 Å². The predicted molar refractivity (Wildman–Crippen MR) is 289 cm³/mol. The van der Waals surface area contributed by atoms with Crippen molar-refractivity contribution in [1.82, 2.24) is 0 Å². The van der Waals surface area contributed by atoms with Gasteiger partial charge in [0.1, 0.15) is 42.2 Å². The van der Waals surface area contributed by atoms with Gasteiger partial charge in [-0.2, -0.15) is 0 Å². The van der Waals surface area contributed by atoms with Gasteiger partial charge in [-0.15, -0.1) is 0 Å².